The second-order valence-corrected chi connectivity index (χ2v) is 5.16. The van der Waals surface area contributed by atoms with Gasteiger partial charge in [0.2, 0.25) is 5.91 Å². The topological polar surface area (TPSA) is 58.6 Å². The molecule has 0 saturated heterocycles. The van der Waals surface area contributed by atoms with Crippen molar-refractivity contribution in [2.45, 2.75) is 19.9 Å². The Morgan fingerprint density at radius 3 is 2.57 bits per heavy atom. The molecule has 1 N–H and O–H groups in total. The number of hydrogen-bond acceptors (Lipinski definition) is 4. The number of carbonyl (C=O) groups is 2. The lowest BCUT2D eigenvalue weighted by molar-refractivity contribution is -0.142. The number of nitrogens with one attached hydrogen (secondary N) is 1. The zero-order valence-electron chi connectivity index (χ0n) is 12.2. The van der Waals surface area contributed by atoms with E-state index in [1.807, 2.05) is 13.8 Å². The Morgan fingerprint density at radius 1 is 1.38 bits per heavy atom. The zero-order chi connectivity index (χ0) is 16.0. The summed E-state index contributed by atoms with van der Waals surface area (Å²) in [6, 6.07) is 3.91. The summed E-state index contributed by atoms with van der Waals surface area (Å²) < 4.78 is 17.6. The second kappa shape index (κ2) is 7.95. The molecule has 7 heteroatoms. The summed E-state index contributed by atoms with van der Waals surface area (Å²) in [5.74, 6) is -1.29. The predicted molar refractivity (Wildman–Crippen MR) is 78.8 cm³/mol. The number of nitrogens with zero attached hydrogens (tertiary/aromatic N) is 1. The summed E-state index contributed by atoms with van der Waals surface area (Å²) in [7, 11) is 1.29. The second-order valence-electron chi connectivity index (χ2n) is 4.75. The molecule has 1 aromatic carbocycles. The van der Waals surface area contributed by atoms with Crippen LogP contribution in [-0.4, -0.2) is 43.0 Å². The third-order valence-electron chi connectivity index (χ3n) is 2.84. The molecule has 1 aromatic rings. The van der Waals surface area contributed by atoms with Gasteiger partial charge >= 0.3 is 5.97 Å². The number of amides is 1. The van der Waals surface area contributed by atoms with Crippen molar-refractivity contribution in [3.8, 4) is 0 Å². The van der Waals surface area contributed by atoms with Crippen LogP contribution >= 0.6 is 11.6 Å². The van der Waals surface area contributed by atoms with Crippen molar-refractivity contribution >= 4 is 29.2 Å². The first-order valence-electron chi connectivity index (χ1n) is 6.39. The van der Waals surface area contributed by atoms with Crippen LogP contribution in [0, 0.1) is 5.82 Å². The maximum absolute atomic E-state index is 13.0. The molecule has 0 atom stereocenters. The van der Waals surface area contributed by atoms with E-state index in [0.717, 1.165) is 0 Å². The van der Waals surface area contributed by atoms with Crippen LogP contribution in [0.5, 0.6) is 0 Å². The SMILES string of the molecule is COC(=O)CN(CC(=O)Nc1ccc(F)c(Cl)c1)C(C)C. The zero-order valence-corrected chi connectivity index (χ0v) is 12.9. The Labute approximate surface area is 128 Å². The molecule has 0 aliphatic carbocycles. The highest BCUT2D eigenvalue weighted by Gasteiger charge is 2.18. The molecule has 1 amide bonds. The number of hydrogen-bond donors (Lipinski definition) is 1. The van der Waals surface area contributed by atoms with E-state index in [2.05, 4.69) is 10.1 Å². The molecule has 21 heavy (non-hydrogen) atoms. The van der Waals surface area contributed by atoms with E-state index in [9.17, 15) is 14.0 Å². The van der Waals surface area contributed by atoms with Gasteiger partial charge in [-0.05, 0) is 32.0 Å². The fraction of sp³-hybridized carbons (Fsp3) is 0.429. The van der Waals surface area contributed by atoms with Crippen molar-refractivity contribution in [3.63, 3.8) is 0 Å². The van der Waals surface area contributed by atoms with Crippen LogP contribution in [0.15, 0.2) is 18.2 Å². The van der Waals surface area contributed by atoms with Crippen molar-refractivity contribution < 1.29 is 18.7 Å². The molecular weight excluding hydrogens is 299 g/mol. The average molecular weight is 317 g/mol. The molecule has 0 aliphatic rings. The Bertz CT molecular complexity index is 523. The van der Waals surface area contributed by atoms with Gasteiger partial charge in [0.1, 0.15) is 5.82 Å². The van der Waals surface area contributed by atoms with Gasteiger partial charge in [0, 0.05) is 11.7 Å². The lowest BCUT2D eigenvalue weighted by Crippen LogP contribution is -2.41. The van der Waals surface area contributed by atoms with Crippen molar-refractivity contribution in [1.82, 2.24) is 4.90 Å². The van der Waals surface area contributed by atoms with Gasteiger partial charge in [-0.15, -0.1) is 0 Å². The summed E-state index contributed by atoms with van der Waals surface area (Å²) in [4.78, 5) is 24.9. The quantitative estimate of drug-likeness (QED) is 0.818. The van der Waals surface area contributed by atoms with E-state index in [4.69, 9.17) is 11.6 Å². The summed E-state index contributed by atoms with van der Waals surface area (Å²) in [6.45, 7) is 3.77. The molecule has 0 saturated carbocycles. The van der Waals surface area contributed by atoms with E-state index < -0.39 is 11.8 Å². The van der Waals surface area contributed by atoms with E-state index in [-0.39, 0.29) is 30.1 Å². The van der Waals surface area contributed by atoms with Gasteiger partial charge in [-0.1, -0.05) is 11.6 Å². The highest BCUT2D eigenvalue weighted by atomic mass is 35.5. The number of halogens is 2. The highest BCUT2D eigenvalue weighted by molar-refractivity contribution is 6.31. The van der Waals surface area contributed by atoms with Crippen LogP contribution in [-0.2, 0) is 14.3 Å². The predicted octanol–water partition coefficient (Wildman–Crippen LogP) is 2.30. The van der Waals surface area contributed by atoms with Gasteiger partial charge in [0.15, 0.2) is 0 Å². The normalized spacial score (nSPS) is 10.8. The van der Waals surface area contributed by atoms with Gasteiger partial charge in [-0.2, -0.15) is 0 Å². The first-order chi connectivity index (χ1) is 9.83. The van der Waals surface area contributed by atoms with E-state index in [0.29, 0.717) is 5.69 Å². The van der Waals surface area contributed by atoms with Crippen molar-refractivity contribution in [2.24, 2.45) is 0 Å². The highest BCUT2D eigenvalue weighted by Crippen LogP contribution is 2.19. The number of carbonyl (C=O) groups excluding carboxylic acids is 2. The lowest BCUT2D eigenvalue weighted by Gasteiger charge is -2.24. The average Bonchev–Trinajstić information content (AvgIpc) is 2.41. The minimum atomic E-state index is -0.552. The summed E-state index contributed by atoms with van der Waals surface area (Å²) in [6.07, 6.45) is 0. The third-order valence-corrected chi connectivity index (χ3v) is 3.13. The van der Waals surface area contributed by atoms with Crippen LogP contribution in [0.4, 0.5) is 10.1 Å². The number of ether oxygens (including phenoxy) is 1. The Balaban J connectivity index is 2.65. The number of methoxy groups -OCH3 is 1. The minimum absolute atomic E-state index is 0.00773. The molecule has 0 spiro atoms. The number of anilines is 1. The van der Waals surface area contributed by atoms with E-state index in [1.165, 1.54) is 25.3 Å². The fourth-order valence-corrected chi connectivity index (χ4v) is 1.79. The Hall–Kier alpha value is -1.66. The van der Waals surface area contributed by atoms with E-state index in [1.54, 1.807) is 4.90 Å². The van der Waals surface area contributed by atoms with Gasteiger partial charge in [-0.25, -0.2) is 4.39 Å². The largest absolute Gasteiger partial charge is 0.468 e. The number of rotatable bonds is 6. The van der Waals surface area contributed by atoms with Gasteiger partial charge in [0.25, 0.3) is 0 Å². The van der Waals surface area contributed by atoms with Gasteiger partial charge in [0.05, 0.1) is 25.2 Å². The third kappa shape index (κ3) is 5.69. The first kappa shape index (κ1) is 17.4. The summed E-state index contributed by atoms with van der Waals surface area (Å²) in [5, 5.41) is 2.54. The molecule has 0 heterocycles. The summed E-state index contributed by atoms with van der Waals surface area (Å²) >= 11 is 5.64. The Kier molecular flexibility index (Phi) is 6.58. The number of benzene rings is 1. The molecule has 0 fully saturated rings. The van der Waals surface area contributed by atoms with Crippen molar-refractivity contribution in [1.29, 1.82) is 0 Å². The monoisotopic (exact) mass is 316 g/mol. The molecule has 0 unspecified atom stereocenters. The molecule has 0 radical (unpaired) electrons. The minimum Gasteiger partial charge on any atom is -0.468 e. The standard InChI is InChI=1S/C14H18ClFN2O3/c1-9(2)18(8-14(20)21-3)7-13(19)17-10-4-5-12(16)11(15)6-10/h4-6,9H,7-8H2,1-3H3,(H,17,19). The first-order valence-corrected chi connectivity index (χ1v) is 6.77. The Morgan fingerprint density at radius 2 is 2.05 bits per heavy atom. The van der Waals surface area contributed by atoms with Crippen LogP contribution < -0.4 is 5.32 Å². The van der Waals surface area contributed by atoms with E-state index >= 15 is 0 Å². The van der Waals surface area contributed by atoms with Crippen molar-refractivity contribution in [2.75, 3.05) is 25.5 Å². The maximum atomic E-state index is 13.0. The molecule has 0 aliphatic heterocycles. The van der Waals surface area contributed by atoms with Crippen LogP contribution in [0.25, 0.3) is 0 Å². The van der Waals surface area contributed by atoms with Crippen LogP contribution in [0.3, 0.4) is 0 Å². The van der Waals surface area contributed by atoms with Gasteiger partial charge in [-0.3, -0.25) is 14.5 Å². The van der Waals surface area contributed by atoms with Crippen LogP contribution in [0.2, 0.25) is 5.02 Å². The lowest BCUT2D eigenvalue weighted by atomic mass is 10.3. The van der Waals surface area contributed by atoms with Crippen molar-refractivity contribution in [3.05, 3.63) is 29.0 Å². The fourth-order valence-electron chi connectivity index (χ4n) is 1.61. The summed E-state index contributed by atoms with van der Waals surface area (Å²) in [5.41, 5.74) is 0.396. The molecule has 1 rings (SSSR count). The molecular formula is C14H18ClFN2O3. The van der Waals surface area contributed by atoms with Gasteiger partial charge < -0.3 is 10.1 Å². The van der Waals surface area contributed by atoms with Crippen LogP contribution in [0.1, 0.15) is 13.8 Å². The molecule has 5 nitrogen and oxygen atoms in total. The molecule has 0 bridgehead atoms. The molecule has 116 valence electrons. The molecule has 0 aromatic heterocycles. The maximum Gasteiger partial charge on any atom is 0.319 e. The smallest absolute Gasteiger partial charge is 0.319 e. The number of esters is 1.